The normalized spacial score (nSPS) is 11.1. The largest absolute Gasteiger partial charge is 0.497 e. The lowest BCUT2D eigenvalue weighted by Gasteiger charge is -2.00. The lowest BCUT2D eigenvalue weighted by atomic mass is 10.2. The summed E-state index contributed by atoms with van der Waals surface area (Å²) in [6, 6.07) is 13.5. The van der Waals surface area contributed by atoms with Crippen LogP contribution in [-0.4, -0.2) is 23.3 Å². The second kappa shape index (κ2) is 5.48. The lowest BCUT2D eigenvalue weighted by Crippen LogP contribution is -1.86. The van der Waals surface area contributed by atoms with Gasteiger partial charge in [0.15, 0.2) is 0 Å². The molecule has 3 aromatic rings. The molecular formula is C16H13N3O. The molecule has 0 saturated heterocycles. The molecule has 3 rings (SSSR count). The summed E-state index contributed by atoms with van der Waals surface area (Å²) in [5.41, 5.74) is 3.58. The van der Waals surface area contributed by atoms with E-state index in [1.165, 1.54) is 0 Å². The minimum absolute atomic E-state index is 0.795. The Balaban J connectivity index is 1.89. The van der Waals surface area contributed by atoms with E-state index in [9.17, 15) is 0 Å². The van der Waals surface area contributed by atoms with Crippen LogP contribution in [0.1, 0.15) is 5.56 Å². The van der Waals surface area contributed by atoms with Crippen molar-refractivity contribution in [3.63, 3.8) is 0 Å². The fraction of sp³-hybridized carbons (Fsp3) is 0.0625. The highest BCUT2D eigenvalue weighted by Gasteiger charge is 1.97. The second-order valence-corrected chi connectivity index (χ2v) is 4.26. The molecule has 20 heavy (non-hydrogen) atoms. The number of hydrogen-bond donors (Lipinski definition) is 0. The van der Waals surface area contributed by atoms with Crippen molar-refractivity contribution in [3.8, 4) is 5.75 Å². The maximum Gasteiger partial charge on any atom is 0.121 e. The molecule has 0 spiro atoms. The van der Waals surface area contributed by atoms with Gasteiger partial charge in [-0.1, -0.05) is 12.1 Å². The highest BCUT2D eigenvalue weighted by molar-refractivity contribution is 5.87. The molecule has 0 atom stereocenters. The van der Waals surface area contributed by atoms with Gasteiger partial charge < -0.3 is 4.74 Å². The van der Waals surface area contributed by atoms with E-state index in [-0.39, 0.29) is 0 Å². The maximum atomic E-state index is 5.17. The van der Waals surface area contributed by atoms with Crippen LogP contribution >= 0.6 is 0 Å². The molecule has 0 saturated carbocycles. The SMILES string of the molecule is COc1cccc(/N=C/c2ccc3nccnc3c2)c1. The van der Waals surface area contributed by atoms with E-state index < -0.39 is 0 Å². The van der Waals surface area contributed by atoms with Crippen molar-refractivity contribution in [2.45, 2.75) is 0 Å². The molecule has 4 heteroatoms. The second-order valence-electron chi connectivity index (χ2n) is 4.26. The van der Waals surface area contributed by atoms with E-state index in [4.69, 9.17) is 4.74 Å². The average Bonchev–Trinajstić information content (AvgIpc) is 2.53. The third-order valence-corrected chi connectivity index (χ3v) is 2.91. The van der Waals surface area contributed by atoms with E-state index in [2.05, 4.69) is 15.0 Å². The van der Waals surface area contributed by atoms with Gasteiger partial charge in [0, 0.05) is 24.7 Å². The van der Waals surface area contributed by atoms with Gasteiger partial charge in [-0.15, -0.1) is 0 Å². The van der Waals surface area contributed by atoms with Crippen molar-refractivity contribution < 1.29 is 4.74 Å². The predicted molar refractivity (Wildman–Crippen MR) is 79.8 cm³/mol. The van der Waals surface area contributed by atoms with Crippen LogP contribution in [0.5, 0.6) is 5.75 Å². The molecule has 2 aromatic carbocycles. The van der Waals surface area contributed by atoms with Crippen molar-refractivity contribution in [1.82, 2.24) is 9.97 Å². The molecule has 0 unspecified atom stereocenters. The summed E-state index contributed by atoms with van der Waals surface area (Å²) in [7, 11) is 1.64. The summed E-state index contributed by atoms with van der Waals surface area (Å²) in [5, 5.41) is 0. The number of aromatic nitrogens is 2. The molecule has 4 nitrogen and oxygen atoms in total. The third kappa shape index (κ3) is 2.64. The molecule has 0 aliphatic heterocycles. The maximum absolute atomic E-state index is 5.17. The van der Waals surface area contributed by atoms with Crippen molar-refractivity contribution in [1.29, 1.82) is 0 Å². The summed E-state index contributed by atoms with van der Waals surface area (Å²) in [4.78, 5) is 13.0. The number of hydrogen-bond acceptors (Lipinski definition) is 4. The van der Waals surface area contributed by atoms with Crippen molar-refractivity contribution in [2.24, 2.45) is 4.99 Å². The van der Waals surface area contributed by atoms with Crippen LogP contribution in [0.2, 0.25) is 0 Å². The number of nitrogens with zero attached hydrogens (tertiary/aromatic N) is 3. The number of ether oxygens (including phenoxy) is 1. The van der Waals surface area contributed by atoms with Gasteiger partial charge in [-0.05, 0) is 29.8 Å². The molecule has 1 aromatic heterocycles. The van der Waals surface area contributed by atoms with E-state index in [0.717, 1.165) is 28.0 Å². The zero-order valence-electron chi connectivity index (χ0n) is 11.0. The first-order valence-electron chi connectivity index (χ1n) is 6.24. The van der Waals surface area contributed by atoms with Crippen LogP contribution in [0.3, 0.4) is 0 Å². The van der Waals surface area contributed by atoms with Gasteiger partial charge in [0.05, 0.1) is 23.8 Å². The number of aliphatic imine (C=N–C) groups is 1. The standard InChI is InChI=1S/C16H13N3O/c1-20-14-4-2-3-13(10-14)19-11-12-5-6-15-16(9-12)18-8-7-17-15/h2-11H,1H3/b19-11+. The van der Waals surface area contributed by atoms with Gasteiger partial charge >= 0.3 is 0 Å². The lowest BCUT2D eigenvalue weighted by molar-refractivity contribution is 0.415. The number of rotatable bonds is 3. The third-order valence-electron chi connectivity index (χ3n) is 2.91. The van der Waals surface area contributed by atoms with Crippen molar-refractivity contribution in [3.05, 3.63) is 60.4 Å². The Hall–Kier alpha value is -2.75. The van der Waals surface area contributed by atoms with Crippen LogP contribution in [0, 0.1) is 0 Å². The molecule has 0 N–H and O–H groups in total. The minimum Gasteiger partial charge on any atom is -0.497 e. The molecule has 0 amide bonds. The predicted octanol–water partition coefficient (Wildman–Crippen LogP) is 3.39. The monoisotopic (exact) mass is 263 g/mol. The van der Waals surface area contributed by atoms with E-state index in [1.807, 2.05) is 48.7 Å². The first-order chi connectivity index (χ1) is 9.85. The van der Waals surface area contributed by atoms with Gasteiger partial charge in [-0.25, -0.2) is 0 Å². The summed E-state index contributed by atoms with van der Waals surface area (Å²) in [6.07, 6.45) is 5.18. The smallest absolute Gasteiger partial charge is 0.121 e. The summed E-state index contributed by atoms with van der Waals surface area (Å²) in [6.45, 7) is 0. The fourth-order valence-corrected chi connectivity index (χ4v) is 1.90. The highest BCUT2D eigenvalue weighted by Crippen LogP contribution is 2.19. The minimum atomic E-state index is 0.795. The first kappa shape index (κ1) is 12.3. The molecule has 0 aliphatic carbocycles. The van der Waals surface area contributed by atoms with Crippen LogP contribution in [0.15, 0.2) is 59.9 Å². The topological polar surface area (TPSA) is 47.4 Å². The van der Waals surface area contributed by atoms with Crippen molar-refractivity contribution in [2.75, 3.05) is 7.11 Å². The molecule has 0 aliphatic rings. The van der Waals surface area contributed by atoms with Crippen LogP contribution in [0.4, 0.5) is 5.69 Å². The molecule has 1 heterocycles. The molecule has 98 valence electrons. The average molecular weight is 263 g/mol. The van der Waals surface area contributed by atoms with Crippen LogP contribution < -0.4 is 4.74 Å². The van der Waals surface area contributed by atoms with Crippen molar-refractivity contribution >= 4 is 22.9 Å². The Morgan fingerprint density at radius 3 is 2.70 bits per heavy atom. The zero-order valence-corrected chi connectivity index (χ0v) is 11.0. The first-order valence-corrected chi connectivity index (χ1v) is 6.24. The van der Waals surface area contributed by atoms with Gasteiger partial charge in [-0.2, -0.15) is 0 Å². The summed E-state index contributed by atoms with van der Waals surface area (Å²) in [5.74, 6) is 0.795. The Morgan fingerprint density at radius 2 is 1.85 bits per heavy atom. The highest BCUT2D eigenvalue weighted by atomic mass is 16.5. The van der Waals surface area contributed by atoms with Gasteiger partial charge in [0.1, 0.15) is 5.75 Å². The zero-order chi connectivity index (χ0) is 13.8. The number of methoxy groups -OCH3 is 1. The van der Waals surface area contributed by atoms with E-state index >= 15 is 0 Å². The molecule has 0 radical (unpaired) electrons. The summed E-state index contributed by atoms with van der Waals surface area (Å²) < 4.78 is 5.17. The Bertz CT molecular complexity index is 768. The van der Waals surface area contributed by atoms with Gasteiger partial charge in [0.25, 0.3) is 0 Å². The molecular weight excluding hydrogens is 250 g/mol. The number of fused-ring (bicyclic) bond motifs is 1. The van der Waals surface area contributed by atoms with Crippen LogP contribution in [-0.2, 0) is 0 Å². The molecule has 0 fully saturated rings. The van der Waals surface area contributed by atoms with E-state index in [0.29, 0.717) is 0 Å². The van der Waals surface area contributed by atoms with Crippen LogP contribution in [0.25, 0.3) is 11.0 Å². The quantitative estimate of drug-likeness (QED) is 0.680. The Labute approximate surface area is 116 Å². The van der Waals surface area contributed by atoms with E-state index in [1.54, 1.807) is 19.5 Å². The van der Waals surface area contributed by atoms with Gasteiger partial charge in [0.2, 0.25) is 0 Å². The Morgan fingerprint density at radius 1 is 1.00 bits per heavy atom. The number of benzene rings is 2. The summed E-state index contributed by atoms with van der Waals surface area (Å²) >= 11 is 0. The Kier molecular flexibility index (Phi) is 3.37. The molecule has 0 bridgehead atoms. The van der Waals surface area contributed by atoms with Gasteiger partial charge in [-0.3, -0.25) is 15.0 Å². The fourth-order valence-electron chi connectivity index (χ4n) is 1.90.